The van der Waals surface area contributed by atoms with Crippen LogP contribution in [0.5, 0.6) is 0 Å². The third-order valence-corrected chi connectivity index (χ3v) is 5.29. The molecule has 3 heterocycles. The monoisotopic (exact) mass is 331 g/mol. The van der Waals surface area contributed by atoms with Crippen molar-refractivity contribution in [3.05, 3.63) is 18.5 Å². The van der Waals surface area contributed by atoms with Gasteiger partial charge in [0.15, 0.2) is 0 Å². The number of nitrogens with zero attached hydrogens (tertiary/aromatic N) is 5. The van der Waals surface area contributed by atoms with Gasteiger partial charge in [0, 0.05) is 58.1 Å². The van der Waals surface area contributed by atoms with Gasteiger partial charge >= 0.3 is 0 Å². The maximum absolute atomic E-state index is 12.5. The molecule has 0 radical (unpaired) electrons. The Morgan fingerprint density at radius 3 is 2.62 bits per heavy atom. The van der Waals surface area contributed by atoms with Crippen LogP contribution in [-0.4, -0.2) is 71.5 Å². The highest BCUT2D eigenvalue weighted by Gasteiger charge is 2.24. The van der Waals surface area contributed by atoms with Crippen LogP contribution in [0.25, 0.3) is 0 Å². The summed E-state index contributed by atoms with van der Waals surface area (Å²) in [7, 11) is 0. The summed E-state index contributed by atoms with van der Waals surface area (Å²) in [6.07, 6.45) is 8.07. The second-order valence-electron chi connectivity index (χ2n) is 6.88. The first kappa shape index (κ1) is 17.1. The zero-order valence-electron chi connectivity index (χ0n) is 14.7. The molecule has 0 saturated carbocycles. The van der Waals surface area contributed by atoms with Gasteiger partial charge in [-0.15, -0.1) is 0 Å². The lowest BCUT2D eigenvalue weighted by Crippen LogP contribution is -2.50. The summed E-state index contributed by atoms with van der Waals surface area (Å²) >= 11 is 0. The fraction of sp³-hybridized carbons (Fsp3) is 0.722. The molecule has 24 heavy (non-hydrogen) atoms. The van der Waals surface area contributed by atoms with Gasteiger partial charge in [0.25, 0.3) is 0 Å². The van der Waals surface area contributed by atoms with Crippen molar-refractivity contribution in [2.24, 2.45) is 5.92 Å². The summed E-state index contributed by atoms with van der Waals surface area (Å²) in [6, 6.07) is 1.83. The quantitative estimate of drug-likeness (QED) is 0.821. The molecule has 1 aromatic rings. The molecule has 1 atom stereocenters. The highest BCUT2D eigenvalue weighted by molar-refractivity contribution is 5.76. The van der Waals surface area contributed by atoms with Crippen LogP contribution in [0.3, 0.4) is 0 Å². The number of hydrogen-bond donors (Lipinski definition) is 0. The Labute approximate surface area is 144 Å². The van der Waals surface area contributed by atoms with Crippen molar-refractivity contribution in [1.82, 2.24) is 19.8 Å². The summed E-state index contributed by atoms with van der Waals surface area (Å²) in [5.74, 6) is 1.88. The van der Waals surface area contributed by atoms with Gasteiger partial charge in [0.2, 0.25) is 11.9 Å². The van der Waals surface area contributed by atoms with Crippen LogP contribution in [0, 0.1) is 5.92 Å². The highest BCUT2D eigenvalue weighted by atomic mass is 16.2. The number of amides is 1. The van der Waals surface area contributed by atoms with Crippen molar-refractivity contribution in [1.29, 1.82) is 0 Å². The van der Waals surface area contributed by atoms with Crippen LogP contribution >= 0.6 is 0 Å². The molecule has 0 unspecified atom stereocenters. The zero-order valence-corrected chi connectivity index (χ0v) is 14.7. The van der Waals surface area contributed by atoms with Crippen molar-refractivity contribution >= 4 is 11.9 Å². The average molecular weight is 331 g/mol. The van der Waals surface area contributed by atoms with E-state index in [9.17, 15) is 4.79 Å². The lowest BCUT2D eigenvalue weighted by Gasteiger charge is -2.36. The highest BCUT2D eigenvalue weighted by Crippen LogP contribution is 2.19. The second kappa shape index (κ2) is 8.42. The summed E-state index contributed by atoms with van der Waals surface area (Å²) in [5.41, 5.74) is 0. The van der Waals surface area contributed by atoms with Gasteiger partial charge in [-0.05, 0) is 31.4 Å². The standard InChI is InChI=1S/C18H29N5O/c1-2-16-5-3-9-21(15-16)10-6-17(24)22-11-13-23(14-12-22)18-19-7-4-8-20-18/h4,7-8,16H,2-3,5-6,9-15H2,1H3/t16-/m1/s1. The Kier molecular flexibility index (Phi) is 6.01. The molecule has 6 nitrogen and oxygen atoms in total. The van der Waals surface area contributed by atoms with E-state index in [1.54, 1.807) is 12.4 Å². The molecule has 132 valence electrons. The molecular weight excluding hydrogens is 302 g/mol. The van der Waals surface area contributed by atoms with Crippen LogP contribution in [-0.2, 0) is 4.79 Å². The minimum Gasteiger partial charge on any atom is -0.339 e. The number of piperazine rings is 1. The zero-order chi connectivity index (χ0) is 16.8. The van der Waals surface area contributed by atoms with E-state index in [1.807, 2.05) is 11.0 Å². The Hall–Kier alpha value is -1.69. The van der Waals surface area contributed by atoms with Gasteiger partial charge in [-0.25, -0.2) is 9.97 Å². The van der Waals surface area contributed by atoms with E-state index in [0.717, 1.165) is 51.1 Å². The maximum atomic E-state index is 12.5. The topological polar surface area (TPSA) is 52.6 Å². The number of hydrogen-bond acceptors (Lipinski definition) is 5. The fourth-order valence-electron chi connectivity index (χ4n) is 3.71. The maximum Gasteiger partial charge on any atom is 0.225 e. The van der Waals surface area contributed by atoms with Gasteiger partial charge in [-0.3, -0.25) is 4.79 Å². The number of aromatic nitrogens is 2. The molecule has 0 spiro atoms. The van der Waals surface area contributed by atoms with Crippen molar-refractivity contribution in [2.45, 2.75) is 32.6 Å². The Balaban J connectivity index is 1.41. The van der Waals surface area contributed by atoms with E-state index < -0.39 is 0 Å². The van der Waals surface area contributed by atoms with E-state index >= 15 is 0 Å². The number of anilines is 1. The number of rotatable bonds is 5. The van der Waals surface area contributed by atoms with Crippen molar-refractivity contribution in [3.63, 3.8) is 0 Å². The normalized spacial score (nSPS) is 22.6. The molecule has 0 bridgehead atoms. The van der Waals surface area contributed by atoms with E-state index in [0.29, 0.717) is 12.3 Å². The summed E-state index contributed by atoms with van der Waals surface area (Å²) < 4.78 is 0. The molecule has 3 rings (SSSR count). The van der Waals surface area contributed by atoms with E-state index in [1.165, 1.54) is 25.8 Å². The summed E-state index contributed by atoms with van der Waals surface area (Å²) in [4.78, 5) is 27.7. The summed E-state index contributed by atoms with van der Waals surface area (Å²) in [5, 5.41) is 0. The second-order valence-corrected chi connectivity index (χ2v) is 6.88. The van der Waals surface area contributed by atoms with Crippen molar-refractivity contribution in [3.8, 4) is 0 Å². The lowest BCUT2D eigenvalue weighted by atomic mass is 9.95. The molecule has 0 N–H and O–H groups in total. The molecule has 0 aromatic carbocycles. The van der Waals surface area contributed by atoms with Gasteiger partial charge in [0.1, 0.15) is 0 Å². The van der Waals surface area contributed by atoms with Gasteiger partial charge < -0.3 is 14.7 Å². The molecule has 1 amide bonds. The fourth-order valence-corrected chi connectivity index (χ4v) is 3.71. The minimum absolute atomic E-state index is 0.294. The molecule has 0 aliphatic carbocycles. The number of carbonyl (C=O) groups is 1. The number of carbonyl (C=O) groups excluding carboxylic acids is 1. The smallest absolute Gasteiger partial charge is 0.225 e. The number of likely N-dealkylation sites (tertiary alicyclic amines) is 1. The largest absolute Gasteiger partial charge is 0.339 e. The molecule has 2 aliphatic rings. The lowest BCUT2D eigenvalue weighted by molar-refractivity contribution is -0.131. The SMILES string of the molecule is CC[C@@H]1CCCN(CCC(=O)N2CCN(c3ncccn3)CC2)C1. The van der Waals surface area contributed by atoms with Crippen LogP contribution in [0.4, 0.5) is 5.95 Å². The Morgan fingerprint density at radius 1 is 1.17 bits per heavy atom. The van der Waals surface area contributed by atoms with Crippen LogP contribution in [0.2, 0.25) is 0 Å². The van der Waals surface area contributed by atoms with Gasteiger partial charge in [-0.1, -0.05) is 13.3 Å². The summed E-state index contributed by atoms with van der Waals surface area (Å²) in [6.45, 7) is 8.69. The first-order chi connectivity index (χ1) is 11.8. The molecule has 2 aliphatic heterocycles. The predicted octanol–water partition coefficient (Wildman–Crippen LogP) is 1.64. The molecule has 1 aromatic heterocycles. The van der Waals surface area contributed by atoms with E-state index in [4.69, 9.17) is 0 Å². The van der Waals surface area contributed by atoms with E-state index in [-0.39, 0.29) is 0 Å². The third-order valence-electron chi connectivity index (χ3n) is 5.29. The first-order valence-electron chi connectivity index (χ1n) is 9.28. The predicted molar refractivity (Wildman–Crippen MR) is 94.9 cm³/mol. The molecule has 2 saturated heterocycles. The molecule has 2 fully saturated rings. The van der Waals surface area contributed by atoms with Crippen LogP contribution in [0.15, 0.2) is 18.5 Å². The van der Waals surface area contributed by atoms with Crippen LogP contribution < -0.4 is 4.90 Å². The average Bonchev–Trinajstić information content (AvgIpc) is 2.67. The van der Waals surface area contributed by atoms with Crippen molar-refractivity contribution < 1.29 is 4.79 Å². The minimum atomic E-state index is 0.294. The van der Waals surface area contributed by atoms with Gasteiger partial charge in [-0.2, -0.15) is 0 Å². The van der Waals surface area contributed by atoms with Crippen molar-refractivity contribution in [2.75, 3.05) is 50.7 Å². The third kappa shape index (κ3) is 4.44. The molecule has 6 heteroatoms. The van der Waals surface area contributed by atoms with Crippen LogP contribution in [0.1, 0.15) is 32.6 Å². The Morgan fingerprint density at radius 2 is 1.92 bits per heavy atom. The Bertz CT molecular complexity index is 515. The first-order valence-corrected chi connectivity index (χ1v) is 9.28. The van der Waals surface area contributed by atoms with E-state index in [2.05, 4.69) is 26.7 Å². The molecular formula is C18H29N5O. The van der Waals surface area contributed by atoms with Gasteiger partial charge in [0.05, 0.1) is 0 Å². The number of piperidine rings is 1.